The predicted octanol–water partition coefficient (Wildman–Crippen LogP) is 1.39. The third-order valence-corrected chi connectivity index (χ3v) is 5.02. The molecule has 0 aromatic heterocycles. The Morgan fingerprint density at radius 1 is 1.24 bits per heavy atom. The first-order chi connectivity index (χ1) is 9.98. The van der Waals surface area contributed by atoms with E-state index in [0.29, 0.717) is 18.4 Å². The van der Waals surface area contributed by atoms with Crippen LogP contribution in [0.25, 0.3) is 0 Å². The van der Waals surface area contributed by atoms with Gasteiger partial charge in [0.05, 0.1) is 5.75 Å². The molecule has 1 unspecified atom stereocenters. The lowest BCUT2D eigenvalue weighted by Gasteiger charge is -2.16. The number of benzene rings is 1. The summed E-state index contributed by atoms with van der Waals surface area (Å²) in [5, 5.41) is 6.24. The fraction of sp³-hybridized carbons (Fsp3) is 0.533. The van der Waals surface area contributed by atoms with E-state index in [4.69, 9.17) is 0 Å². The van der Waals surface area contributed by atoms with E-state index >= 15 is 0 Å². The van der Waals surface area contributed by atoms with Gasteiger partial charge >= 0.3 is 0 Å². The average Bonchev–Trinajstić information content (AvgIpc) is 2.51. The Bertz CT molecular complexity index is 541. The summed E-state index contributed by atoms with van der Waals surface area (Å²) >= 11 is 0. The second-order valence-corrected chi connectivity index (χ2v) is 7.40. The van der Waals surface area contributed by atoms with E-state index < -0.39 is 9.84 Å². The zero-order valence-electron chi connectivity index (χ0n) is 13.0. The molecule has 0 heterocycles. The van der Waals surface area contributed by atoms with Crippen LogP contribution >= 0.6 is 0 Å². The van der Waals surface area contributed by atoms with Crippen LogP contribution in [0.5, 0.6) is 0 Å². The van der Waals surface area contributed by atoms with Gasteiger partial charge in [-0.2, -0.15) is 0 Å². The highest BCUT2D eigenvalue weighted by molar-refractivity contribution is 7.91. The van der Waals surface area contributed by atoms with Gasteiger partial charge in [0.15, 0.2) is 15.8 Å². The van der Waals surface area contributed by atoms with Crippen molar-refractivity contribution in [3.63, 3.8) is 0 Å². The maximum Gasteiger partial charge on any atom is 0.191 e. The Kier molecular flexibility index (Phi) is 7.22. The van der Waals surface area contributed by atoms with Crippen molar-refractivity contribution in [1.29, 1.82) is 0 Å². The molecule has 0 saturated heterocycles. The molecule has 1 aromatic carbocycles. The fourth-order valence-corrected chi connectivity index (χ4v) is 2.54. The van der Waals surface area contributed by atoms with Gasteiger partial charge in [-0.15, -0.1) is 0 Å². The number of nitrogens with one attached hydrogen (secondary N) is 2. The van der Waals surface area contributed by atoms with Crippen LogP contribution in [0.3, 0.4) is 0 Å². The van der Waals surface area contributed by atoms with Gasteiger partial charge in [-0.3, -0.25) is 4.99 Å². The smallest absolute Gasteiger partial charge is 0.191 e. The topological polar surface area (TPSA) is 70.6 Å². The summed E-state index contributed by atoms with van der Waals surface area (Å²) in [6, 6.07) is 10.2. The Morgan fingerprint density at radius 2 is 1.90 bits per heavy atom. The van der Waals surface area contributed by atoms with E-state index in [1.807, 2.05) is 18.2 Å². The SMILES string of the molecule is CCS(=O)(=O)CCNC(=NC)NCC(C)c1ccccc1. The number of sulfone groups is 1. The summed E-state index contributed by atoms with van der Waals surface area (Å²) in [5.74, 6) is 1.28. The van der Waals surface area contributed by atoms with Gasteiger partial charge in [-0.25, -0.2) is 8.42 Å². The Hall–Kier alpha value is -1.56. The maximum absolute atomic E-state index is 11.4. The molecule has 1 aromatic rings. The van der Waals surface area contributed by atoms with Crippen molar-refractivity contribution in [3.05, 3.63) is 35.9 Å². The van der Waals surface area contributed by atoms with Crippen molar-refractivity contribution in [2.45, 2.75) is 19.8 Å². The van der Waals surface area contributed by atoms with Crippen molar-refractivity contribution in [2.24, 2.45) is 4.99 Å². The van der Waals surface area contributed by atoms with Crippen molar-refractivity contribution >= 4 is 15.8 Å². The summed E-state index contributed by atoms with van der Waals surface area (Å²) < 4.78 is 22.8. The zero-order valence-corrected chi connectivity index (χ0v) is 13.8. The molecule has 5 nitrogen and oxygen atoms in total. The van der Waals surface area contributed by atoms with Crippen LogP contribution in [-0.4, -0.2) is 46.0 Å². The maximum atomic E-state index is 11.4. The van der Waals surface area contributed by atoms with E-state index in [9.17, 15) is 8.42 Å². The second kappa shape index (κ2) is 8.67. The van der Waals surface area contributed by atoms with Gasteiger partial charge in [0.2, 0.25) is 0 Å². The van der Waals surface area contributed by atoms with Crippen LogP contribution in [0.1, 0.15) is 25.3 Å². The van der Waals surface area contributed by atoms with Crippen molar-refractivity contribution in [1.82, 2.24) is 10.6 Å². The summed E-state index contributed by atoms with van der Waals surface area (Å²) in [5.41, 5.74) is 1.26. The number of aliphatic imine (C=N–C) groups is 1. The number of hydrogen-bond acceptors (Lipinski definition) is 3. The quantitative estimate of drug-likeness (QED) is 0.590. The predicted molar refractivity (Wildman–Crippen MR) is 88.5 cm³/mol. The molecule has 6 heteroatoms. The summed E-state index contributed by atoms with van der Waals surface area (Å²) in [4.78, 5) is 4.10. The second-order valence-electron chi connectivity index (χ2n) is 4.93. The lowest BCUT2D eigenvalue weighted by molar-refractivity contribution is 0.595. The third-order valence-electron chi connectivity index (χ3n) is 3.31. The molecule has 0 fully saturated rings. The highest BCUT2D eigenvalue weighted by atomic mass is 32.2. The molecule has 2 N–H and O–H groups in total. The molecule has 1 atom stereocenters. The normalized spacial score (nSPS) is 13.8. The lowest BCUT2D eigenvalue weighted by atomic mass is 10.0. The Labute approximate surface area is 127 Å². The standard InChI is InChI=1S/C15H25N3O2S/c1-4-21(19,20)11-10-17-15(16-3)18-12-13(2)14-8-6-5-7-9-14/h5-9,13H,4,10-12H2,1-3H3,(H2,16,17,18). The van der Waals surface area contributed by atoms with Crippen molar-refractivity contribution < 1.29 is 8.42 Å². The summed E-state index contributed by atoms with van der Waals surface area (Å²) in [6.45, 7) is 4.90. The monoisotopic (exact) mass is 311 g/mol. The number of rotatable bonds is 7. The van der Waals surface area contributed by atoms with Gasteiger partial charge in [0, 0.05) is 25.9 Å². The minimum absolute atomic E-state index is 0.123. The van der Waals surface area contributed by atoms with Crippen LogP contribution < -0.4 is 10.6 Å². The molecule has 21 heavy (non-hydrogen) atoms. The van der Waals surface area contributed by atoms with Gasteiger partial charge in [-0.05, 0) is 11.5 Å². The number of hydrogen-bond donors (Lipinski definition) is 2. The van der Waals surface area contributed by atoms with E-state index in [2.05, 4.69) is 34.7 Å². The van der Waals surface area contributed by atoms with Crippen molar-refractivity contribution in [3.8, 4) is 0 Å². The molecule has 1 rings (SSSR count). The Morgan fingerprint density at radius 3 is 2.48 bits per heavy atom. The molecule has 0 radical (unpaired) electrons. The van der Waals surface area contributed by atoms with Crippen LogP contribution in [0, 0.1) is 0 Å². The third kappa shape index (κ3) is 6.62. The van der Waals surface area contributed by atoms with Gasteiger partial charge in [-0.1, -0.05) is 44.2 Å². The lowest BCUT2D eigenvalue weighted by Crippen LogP contribution is -2.41. The largest absolute Gasteiger partial charge is 0.356 e. The van der Waals surface area contributed by atoms with Gasteiger partial charge in [0.25, 0.3) is 0 Å². The minimum atomic E-state index is -2.94. The van der Waals surface area contributed by atoms with Crippen LogP contribution in [0.15, 0.2) is 35.3 Å². The molecular weight excluding hydrogens is 286 g/mol. The van der Waals surface area contributed by atoms with Crippen molar-refractivity contribution in [2.75, 3.05) is 31.6 Å². The summed E-state index contributed by atoms with van der Waals surface area (Å²) in [7, 11) is -1.27. The first-order valence-electron chi connectivity index (χ1n) is 7.18. The minimum Gasteiger partial charge on any atom is -0.356 e. The van der Waals surface area contributed by atoms with Gasteiger partial charge < -0.3 is 10.6 Å². The molecule has 0 saturated carbocycles. The summed E-state index contributed by atoms with van der Waals surface area (Å²) in [6.07, 6.45) is 0. The van der Waals surface area contributed by atoms with E-state index in [0.717, 1.165) is 6.54 Å². The Balaban J connectivity index is 2.38. The van der Waals surface area contributed by atoms with E-state index in [-0.39, 0.29) is 11.5 Å². The van der Waals surface area contributed by atoms with Crippen LogP contribution in [0.2, 0.25) is 0 Å². The molecule has 0 bridgehead atoms. The van der Waals surface area contributed by atoms with E-state index in [1.165, 1.54) is 5.56 Å². The first kappa shape index (κ1) is 17.5. The van der Waals surface area contributed by atoms with Crippen LogP contribution in [-0.2, 0) is 9.84 Å². The first-order valence-corrected chi connectivity index (χ1v) is 9.00. The van der Waals surface area contributed by atoms with Crippen LogP contribution in [0.4, 0.5) is 0 Å². The molecular formula is C15H25N3O2S. The van der Waals surface area contributed by atoms with Gasteiger partial charge in [0.1, 0.15) is 0 Å². The molecule has 118 valence electrons. The molecule has 0 aliphatic carbocycles. The zero-order chi connectivity index (χ0) is 15.7. The molecule has 0 spiro atoms. The fourth-order valence-electron chi connectivity index (χ4n) is 1.84. The highest BCUT2D eigenvalue weighted by Crippen LogP contribution is 2.12. The number of nitrogens with zero attached hydrogens (tertiary/aromatic N) is 1. The average molecular weight is 311 g/mol. The highest BCUT2D eigenvalue weighted by Gasteiger charge is 2.09. The number of guanidine groups is 1. The molecule has 0 aliphatic heterocycles. The molecule has 0 aliphatic rings. The van der Waals surface area contributed by atoms with E-state index in [1.54, 1.807) is 14.0 Å². The molecule has 0 amide bonds.